The molecule has 3 aromatic rings. The normalized spacial score (nSPS) is 10.5. The number of rotatable bonds is 5. The molecule has 1 heterocycles. The Kier molecular flexibility index (Phi) is 3.96. The largest absolute Gasteiger partial charge is 0.484 e. The molecule has 1 aromatic heterocycles. The summed E-state index contributed by atoms with van der Waals surface area (Å²) in [6.07, 6.45) is 0.637. The molecular weight excluding hydrogens is 264 g/mol. The third kappa shape index (κ3) is 3.69. The van der Waals surface area contributed by atoms with Crippen LogP contribution in [-0.4, -0.2) is 10.2 Å². The minimum atomic E-state index is 0.283. The van der Waals surface area contributed by atoms with E-state index in [0.29, 0.717) is 18.2 Å². The number of hydrogen-bond donors (Lipinski definition) is 0. The molecule has 106 valence electrons. The highest BCUT2D eigenvalue weighted by Gasteiger charge is 2.07. The molecule has 0 atom stereocenters. The number of benzene rings is 2. The van der Waals surface area contributed by atoms with Crippen molar-refractivity contribution in [1.82, 2.24) is 10.2 Å². The van der Waals surface area contributed by atoms with Gasteiger partial charge in [0.1, 0.15) is 5.75 Å². The van der Waals surface area contributed by atoms with Gasteiger partial charge in [-0.25, -0.2) is 0 Å². The van der Waals surface area contributed by atoms with E-state index < -0.39 is 0 Å². The predicted octanol–water partition coefficient (Wildman–Crippen LogP) is 3.55. The highest BCUT2D eigenvalue weighted by molar-refractivity contribution is 5.26. The molecule has 0 aliphatic heterocycles. The Hall–Kier alpha value is -2.62. The van der Waals surface area contributed by atoms with Crippen LogP contribution in [0.25, 0.3) is 0 Å². The average molecular weight is 280 g/mol. The number of hydrogen-bond acceptors (Lipinski definition) is 4. The fourth-order valence-corrected chi connectivity index (χ4v) is 1.97. The number of aryl methyl sites for hydroxylation is 1. The first-order valence-electron chi connectivity index (χ1n) is 6.84. The molecule has 0 aliphatic rings. The Labute approximate surface area is 123 Å². The van der Waals surface area contributed by atoms with E-state index in [-0.39, 0.29) is 6.61 Å². The van der Waals surface area contributed by atoms with Crippen LogP contribution in [-0.2, 0) is 13.0 Å². The maximum atomic E-state index is 5.61. The fourth-order valence-electron chi connectivity index (χ4n) is 1.97. The zero-order valence-corrected chi connectivity index (χ0v) is 11.8. The molecule has 0 saturated carbocycles. The molecule has 0 bridgehead atoms. The van der Waals surface area contributed by atoms with Crippen LogP contribution >= 0.6 is 0 Å². The van der Waals surface area contributed by atoms with Gasteiger partial charge in [-0.3, -0.25) is 0 Å². The Bertz CT molecular complexity index is 690. The molecule has 21 heavy (non-hydrogen) atoms. The van der Waals surface area contributed by atoms with Crippen molar-refractivity contribution in [2.75, 3.05) is 0 Å². The molecule has 0 spiro atoms. The van der Waals surface area contributed by atoms with E-state index in [0.717, 1.165) is 11.3 Å². The zero-order chi connectivity index (χ0) is 14.5. The van der Waals surface area contributed by atoms with Crippen LogP contribution < -0.4 is 4.74 Å². The summed E-state index contributed by atoms with van der Waals surface area (Å²) in [4.78, 5) is 0. The summed E-state index contributed by atoms with van der Waals surface area (Å²) in [5.74, 6) is 1.88. The third-order valence-corrected chi connectivity index (χ3v) is 3.09. The average Bonchev–Trinajstić information content (AvgIpc) is 2.95. The van der Waals surface area contributed by atoms with E-state index in [2.05, 4.69) is 10.2 Å². The topological polar surface area (TPSA) is 48.2 Å². The van der Waals surface area contributed by atoms with Gasteiger partial charge in [0.05, 0.1) is 6.42 Å². The minimum absolute atomic E-state index is 0.283. The summed E-state index contributed by atoms with van der Waals surface area (Å²) in [6, 6.07) is 17.9. The van der Waals surface area contributed by atoms with Crippen LogP contribution in [0.2, 0.25) is 0 Å². The highest BCUT2D eigenvalue weighted by atomic mass is 16.5. The molecule has 3 rings (SSSR count). The van der Waals surface area contributed by atoms with Crippen molar-refractivity contribution in [3.05, 3.63) is 77.5 Å². The summed E-state index contributed by atoms with van der Waals surface area (Å²) in [5.41, 5.74) is 2.34. The second kappa shape index (κ2) is 6.22. The molecule has 0 amide bonds. The third-order valence-electron chi connectivity index (χ3n) is 3.09. The van der Waals surface area contributed by atoms with Crippen LogP contribution in [0.1, 0.15) is 22.9 Å². The fraction of sp³-hybridized carbons (Fsp3) is 0.176. The number of aromatic nitrogens is 2. The lowest BCUT2D eigenvalue weighted by Crippen LogP contribution is -1.95. The van der Waals surface area contributed by atoms with Crippen molar-refractivity contribution in [3.8, 4) is 5.75 Å². The van der Waals surface area contributed by atoms with Gasteiger partial charge >= 0.3 is 0 Å². The van der Waals surface area contributed by atoms with Gasteiger partial charge < -0.3 is 9.15 Å². The monoisotopic (exact) mass is 280 g/mol. The maximum Gasteiger partial charge on any atom is 0.253 e. The van der Waals surface area contributed by atoms with Gasteiger partial charge in [0.25, 0.3) is 5.89 Å². The second-order valence-corrected chi connectivity index (χ2v) is 4.85. The van der Waals surface area contributed by atoms with Crippen molar-refractivity contribution in [1.29, 1.82) is 0 Å². The lowest BCUT2D eigenvalue weighted by atomic mass is 10.2. The van der Waals surface area contributed by atoms with E-state index in [1.165, 1.54) is 5.56 Å². The molecule has 0 radical (unpaired) electrons. The summed E-state index contributed by atoms with van der Waals surface area (Å²) in [6.45, 7) is 2.32. The minimum Gasteiger partial charge on any atom is -0.484 e. The second-order valence-electron chi connectivity index (χ2n) is 4.85. The number of nitrogens with zero attached hydrogens (tertiary/aromatic N) is 2. The summed E-state index contributed by atoms with van der Waals surface area (Å²) >= 11 is 0. The molecule has 2 aromatic carbocycles. The van der Waals surface area contributed by atoms with Gasteiger partial charge in [0, 0.05) is 0 Å². The first kappa shape index (κ1) is 13.4. The van der Waals surface area contributed by atoms with Crippen molar-refractivity contribution in [2.24, 2.45) is 0 Å². The molecule has 0 aliphatic carbocycles. The van der Waals surface area contributed by atoms with E-state index in [1.54, 1.807) is 0 Å². The number of ether oxygens (including phenoxy) is 1. The Morgan fingerprint density at radius 2 is 1.62 bits per heavy atom. The van der Waals surface area contributed by atoms with Crippen LogP contribution in [0.15, 0.2) is 59.0 Å². The summed E-state index contributed by atoms with van der Waals surface area (Å²) in [5, 5.41) is 8.04. The molecule has 0 unspecified atom stereocenters. The van der Waals surface area contributed by atoms with Crippen molar-refractivity contribution in [2.45, 2.75) is 20.0 Å². The molecule has 4 heteroatoms. The van der Waals surface area contributed by atoms with E-state index in [4.69, 9.17) is 9.15 Å². The lowest BCUT2D eigenvalue weighted by molar-refractivity contribution is 0.259. The van der Waals surface area contributed by atoms with Crippen LogP contribution in [0.4, 0.5) is 0 Å². The quantitative estimate of drug-likeness (QED) is 0.717. The van der Waals surface area contributed by atoms with Gasteiger partial charge in [-0.2, -0.15) is 0 Å². The van der Waals surface area contributed by atoms with Gasteiger partial charge in [-0.1, -0.05) is 48.0 Å². The maximum absolute atomic E-state index is 5.61. The standard InChI is InChI=1S/C17H16N2O2/c1-13-7-9-15(10-8-13)20-12-17-19-18-16(21-17)11-14-5-3-2-4-6-14/h2-10H,11-12H2,1H3. The molecule has 0 N–H and O–H groups in total. The molecule has 0 fully saturated rings. The van der Waals surface area contributed by atoms with Crippen molar-refractivity contribution < 1.29 is 9.15 Å². The SMILES string of the molecule is Cc1ccc(OCc2nnc(Cc3ccccc3)o2)cc1. The van der Waals surface area contributed by atoms with Crippen molar-refractivity contribution >= 4 is 0 Å². The highest BCUT2D eigenvalue weighted by Crippen LogP contribution is 2.14. The first-order chi connectivity index (χ1) is 10.3. The Balaban J connectivity index is 1.59. The van der Waals surface area contributed by atoms with Gasteiger partial charge in [0.2, 0.25) is 5.89 Å². The Morgan fingerprint density at radius 3 is 2.38 bits per heavy atom. The van der Waals surface area contributed by atoms with Gasteiger partial charge in [-0.05, 0) is 24.6 Å². The van der Waals surface area contributed by atoms with Crippen LogP contribution in [0.5, 0.6) is 5.75 Å². The van der Waals surface area contributed by atoms with E-state index >= 15 is 0 Å². The smallest absolute Gasteiger partial charge is 0.253 e. The first-order valence-corrected chi connectivity index (χ1v) is 6.84. The lowest BCUT2D eigenvalue weighted by Gasteiger charge is -2.02. The molecule has 0 saturated heterocycles. The van der Waals surface area contributed by atoms with E-state index in [1.807, 2.05) is 61.5 Å². The summed E-state index contributed by atoms with van der Waals surface area (Å²) < 4.78 is 11.2. The Morgan fingerprint density at radius 1 is 0.905 bits per heavy atom. The van der Waals surface area contributed by atoms with Crippen molar-refractivity contribution in [3.63, 3.8) is 0 Å². The zero-order valence-electron chi connectivity index (χ0n) is 11.8. The van der Waals surface area contributed by atoms with Crippen LogP contribution in [0.3, 0.4) is 0 Å². The predicted molar refractivity (Wildman–Crippen MR) is 79.1 cm³/mol. The van der Waals surface area contributed by atoms with Gasteiger partial charge in [0.15, 0.2) is 6.61 Å². The molecular formula is C17H16N2O2. The summed E-state index contributed by atoms with van der Waals surface area (Å²) in [7, 11) is 0. The molecule has 4 nitrogen and oxygen atoms in total. The van der Waals surface area contributed by atoms with Gasteiger partial charge in [-0.15, -0.1) is 10.2 Å². The van der Waals surface area contributed by atoms with Crippen LogP contribution in [0, 0.1) is 6.92 Å². The van der Waals surface area contributed by atoms with E-state index in [9.17, 15) is 0 Å².